The lowest BCUT2D eigenvalue weighted by molar-refractivity contribution is 0.190. The Labute approximate surface area is 194 Å². The van der Waals surface area contributed by atoms with Crippen molar-refractivity contribution in [2.45, 2.75) is 44.0 Å². The van der Waals surface area contributed by atoms with Crippen LogP contribution in [0.5, 0.6) is 5.75 Å². The number of allylic oxidation sites excluding steroid dienone is 1. The van der Waals surface area contributed by atoms with E-state index in [1.54, 1.807) is 12.1 Å². The first-order valence-corrected chi connectivity index (χ1v) is 12.8. The van der Waals surface area contributed by atoms with Gasteiger partial charge < -0.3 is 15.3 Å². The summed E-state index contributed by atoms with van der Waals surface area (Å²) in [5.41, 5.74) is 3.82. The molecule has 0 radical (unpaired) electrons. The first kappa shape index (κ1) is 24.5. The topological polar surface area (TPSA) is 94.8 Å². The van der Waals surface area contributed by atoms with Crippen molar-refractivity contribution in [1.82, 2.24) is 0 Å². The van der Waals surface area contributed by atoms with Crippen LogP contribution in [-0.2, 0) is 9.84 Å². The fourth-order valence-electron chi connectivity index (χ4n) is 4.25. The van der Waals surface area contributed by atoms with E-state index in [-0.39, 0.29) is 11.5 Å². The van der Waals surface area contributed by atoms with E-state index in [1.165, 1.54) is 6.07 Å². The number of hydrogen-bond donors (Lipinski definition) is 3. The lowest BCUT2D eigenvalue weighted by atomic mass is 9.91. The highest BCUT2D eigenvalue weighted by Crippen LogP contribution is 2.35. The number of halogens is 1. The molecule has 0 fully saturated rings. The van der Waals surface area contributed by atoms with Crippen LogP contribution in [0.4, 0.5) is 0 Å². The van der Waals surface area contributed by atoms with Crippen LogP contribution in [0.15, 0.2) is 59.7 Å². The van der Waals surface area contributed by atoms with Gasteiger partial charge in [-0.2, -0.15) is 0 Å². The Morgan fingerprint density at radius 3 is 2.56 bits per heavy atom. The summed E-state index contributed by atoms with van der Waals surface area (Å²) >= 11 is 6.29. The van der Waals surface area contributed by atoms with Crippen LogP contribution in [0.3, 0.4) is 0 Å². The molecular formula is C25H29ClO5S. The molecule has 5 nitrogen and oxygen atoms in total. The van der Waals surface area contributed by atoms with E-state index in [9.17, 15) is 23.7 Å². The average Bonchev–Trinajstić information content (AvgIpc) is 3.02. The lowest BCUT2D eigenvalue weighted by Gasteiger charge is -2.20. The monoisotopic (exact) mass is 476 g/mol. The van der Waals surface area contributed by atoms with Crippen molar-refractivity contribution in [3.63, 3.8) is 0 Å². The first-order chi connectivity index (χ1) is 15.3. The molecule has 0 unspecified atom stereocenters. The van der Waals surface area contributed by atoms with Gasteiger partial charge in [-0.1, -0.05) is 60.9 Å². The fourth-order valence-corrected chi connectivity index (χ4v) is 6.41. The number of phenols is 1. The van der Waals surface area contributed by atoms with E-state index in [0.29, 0.717) is 29.9 Å². The fraction of sp³-hybridized carbons (Fsp3) is 0.360. The number of sulfone groups is 1. The molecule has 1 heterocycles. The lowest BCUT2D eigenvalue weighted by Crippen LogP contribution is -2.29. The van der Waals surface area contributed by atoms with Crippen LogP contribution in [0, 0.1) is 0 Å². The van der Waals surface area contributed by atoms with E-state index in [0.717, 1.165) is 28.7 Å². The predicted molar refractivity (Wildman–Crippen MR) is 129 cm³/mol. The minimum atomic E-state index is -3.49. The van der Waals surface area contributed by atoms with Crippen LogP contribution >= 0.6 is 11.6 Å². The molecule has 1 aliphatic heterocycles. The van der Waals surface area contributed by atoms with Crippen LogP contribution in [0.2, 0.25) is 5.02 Å². The molecule has 0 saturated heterocycles. The molecule has 7 heteroatoms. The van der Waals surface area contributed by atoms with Crippen LogP contribution in [-0.4, -0.2) is 47.5 Å². The summed E-state index contributed by atoms with van der Waals surface area (Å²) in [6.07, 6.45) is 3.10. The number of aromatic hydroxyl groups is 1. The summed E-state index contributed by atoms with van der Waals surface area (Å²) in [5, 5.41) is 29.8. The molecule has 0 spiro atoms. The molecule has 1 aliphatic rings. The van der Waals surface area contributed by atoms with Crippen LogP contribution in [0.1, 0.15) is 43.7 Å². The third-order valence-electron chi connectivity index (χ3n) is 5.79. The summed E-state index contributed by atoms with van der Waals surface area (Å²) in [6.45, 7) is 1.44. The number of phenolic OH excluding ortho intramolecular Hbond substituents is 1. The third kappa shape index (κ3) is 5.62. The van der Waals surface area contributed by atoms with Gasteiger partial charge in [0.1, 0.15) is 11.0 Å². The third-order valence-corrected chi connectivity index (χ3v) is 8.13. The number of rotatable bonds is 9. The Morgan fingerprint density at radius 2 is 1.94 bits per heavy atom. The largest absolute Gasteiger partial charge is 0.508 e. The zero-order valence-corrected chi connectivity index (χ0v) is 19.6. The second-order valence-corrected chi connectivity index (χ2v) is 10.7. The van der Waals surface area contributed by atoms with Crippen molar-refractivity contribution in [3.8, 4) is 5.75 Å². The van der Waals surface area contributed by atoms with Crippen molar-refractivity contribution in [1.29, 1.82) is 0 Å². The normalized spacial score (nSPS) is 19.4. The summed E-state index contributed by atoms with van der Waals surface area (Å²) in [5.74, 6) is -0.0140. The van der Waals surface area contributed by atoms with E-state index in [1.807, 2.05) is 43.3 Å². The van der Waals surface area contributed by atoms with Gasteiger partial charge in [0.25, 0.3) is 0 Å². The summed E-state index contributed by atoms with van der Waals surface area (Å²) in [7, 11) is -3.49. The van der Waals surface area contributed by atoms with Gasteiger partial charge in [-0.25, -0.2) is 8.42 Å². The zero-order valence-electron chi connectivity index (χ0n) is 18.0. The summed E-state index contributed by atoms with van der Waals surface area (Å²) in [4.78, 5) is 0. The zero-order chi connectivity index (χ0) is 23.3. The van der Waals surface area contributed by atoms with Gasteiger partial charge in [-0.05, 0) is 65.8 Å². The van der Waals surface area contributed by atoms with Gasteiger partial charge in [0.15, 0.2) is 9.84 Å². The molecule has 0 saturated carbocycles. The van der Waals surface area contributed by atoms with Crippen LogP contribution < -0.4 is 0 Å². The molecule has 3 N–H and O–H groups in total. The molecule has 0 aromatic heterocycles. The SMILES string of the molecule is CCCC1=C([C@H](O)CC/C(=C/c2ccc(O)cc2Cl)c2ccccc2)[C@H](CO)S(=O)(=O)C1. The van der Waals surface area contributed by atoms with Crippen LogP contribution in [0.25, 0.3) is 11.6 Å². The molecule has 2 aromatic rings. The number of aliphatic hydroxyl groups is 2. The van der Waals surface area contributed by atoms with E-state index in [4.69, 9.17) is 11.6 Å². The number of aliphatic hydroxyl groups excluding tert-OH is 2. The second-order valence-electron chi connectivity index (χ2n) is 8.08. The smallest absolute Gasteiger partial charge is 0.163 e. The van der Waals surface area contributed by atoms with Gasteiger partial charge in [0.2, 0.25) is 0 Å². The standard InChI is InChI=1S/C25H29ClO5S/c1-2-6-20-16-32(30,31)24(15-27)25(20)23(29)12-10-18(17-7-4-3-5-8-17)13-19-9-11-21(28)14-22(19)26/h3-5,7-9,11,13-14,23-24,27-29H,2,6,10,12,15-16H2,1H3/b18-13-/t23-,24+/m1/s1. The Bertz CT molecular complexity index is 1110. The van der Waals surface area contributed by atoms with Gasteiger partial charge >= 0.3 is 0 Å². The molecule has 0 amide bonds. The van der Waals surface area contributed by atoms with Crippen molar-refractivity contribution in [2.75, 3.05) is 12.4 Å². The summed E-state index contributed by atoms with van der Waals surface area (Å²) < 4.78 is 25.0. The Balaban J connectivity index is 1.90. The quantitative estimate of drug-likeness (QED) is 0.363. The molecule has 0 aliphatic carbocycles. The maximum atomic E-state index is 12.5. The van der Waals surface area contributed by atoms with E-state index in [2.05, 4.69) is 0 Å². The van der Waals surface area contributed by atoms with E-state index >= 15 is 0 Å². The van der Waals surface area contributed by atoms with Gasteiger partial charge in [0.05, 0.1) is 23.5 Å². The second kappa shape index (κ2) is 10.7. The molecule has 2 aromatic carbocycles. The Hall–Kier alpha value is -2.12. The maximum absolute atomic E-state index is 12.5. The summed E-state index contributed by atoms with van der Waals surface area (Å²) in [6, 6.07) is 14.4. The molecule has 32 heavy (non-hydrogen) atoms. The van der Waals surface area contributed by atoms with Crippen molar-refractivity contribution < 1.29 is 23.7 Å². The van der Waals surface area contributed by atoms with Gasteiger partial charge in [-0.3, -0.25) is 0 Å². The highest BCUT2D eigenvalue weighted by atomic mass is 35.5. The first-order valence-electron chi connectivity index (χ1n) is 10.7. The molecule has 2 atom stereocenters. The average molecular weight is 477 g/mol. The van der Waals surface area contributed by atoms with Crippen molar-refractivity contribution >= 4 is 33.1 Å². The highest BCUT2D eigenvalue weighted by molar-refractivity contribution is 7.92. The van der Waals surface area contributed by atoms with Gasteiger partial charge in [0, 0.05) is 0 Å². The van der Waals surface area contributed by atoms with Crippen molar-refractivity contribution in [3.05, 3.63) is 75.8 Å². The molecular weight excluding hydrogens is 448 g/mol. The Kier molecular flexibility index (Phi) is 8.17. The van der Waals surface area contributed by atoms with Gasteiger partial charge in [-0.15, -0.1) is 0 Å². The molecule has 0 bridgehead atoms. The van der Waals surface area contributed by atoms with E-state index < -0.39 is 27.8 Å². The van der Waals surface area contributed by atoms with Crippen molar-refractivity contribution in [2.24, 2.45) is 0 Å². The minimum Gasteiger partial charge on any atom is -0.508 e. The molecule has 3 rings (SSSR count). The Morgan fingerprint density at radius 1 is 1.22 bits per heavy atom. The number of hydrogen-bond acceptors (Lipinski definition) is 5. The minimum absolute atomic E-state index is 0.0803. The molecule has 172 valence electrons. The highest BCUT2D eigenvalue weighted by Gasteiger charge is 2.40. The maximum Gasteiger partial charge on any atom is 0.163 e. The predicted octanol–water partition coefficient (Wildman–Crippen LogP) is 4.61. The number of benzene rings is 2.